The maximum Gasteiger partial charge on any atom is 0.416 e. The van der Waals surface area contributed by atoms with Crippen LogP contribution in [0.5, 0.6) is 0 Å². The molecular weight excluding hydrogens is 245 g/mol. The second-order valence-corrected chi connectivity index (χ2v) is 3.80. The number of hydrogen-bond donors (Lipinski definition) is 2. The summed E-state index contributed by atoms with van der Waals surface area (Å²) in [5.41, 5.74) is 5.22. The van der Waals surface area contributed by atoms with Crippen LogP contribution in [-0.2, 0) is 13.2 Å². The van der Waals surface area contributed by atoms with Crippen LogP contribution < -0.4 is 11.1 Å². The Balaban J connectivity index is 2.25. The number of anilines is 3. The maximum atomic E-state index is 12.4. The fraction of sp³-hybridized carbons (Fsp3) is 0.182. The van der Waals surface area contributed by atoms with Gasteiger partial charge in [-0.1, -0.05) is 0 Å². The SMILES string of the molecule is Cn1ccc(Nc2ccc(C(F)(F)F)cc2N)n1. The smallest absolute Gasteiger partial charge is 0.397 e. The molecule has 0 amide bonds. The summed E-state index contributed by atoms with van der Waals surface area (Å²) in [6, 6.07) is 4.84. The number of rotatable bonds is 2. The van der Waals surface area contributed by atoms with Crippen molar-refractivity contribution < 1.29 is 13.2 Å². The minimum Gasteiger partial charge on any atom is -0.397 e. The molecule has 4 nitrogen and oxygen atoms in total. The molecule has 0 saturated carbocycles. The highest BCUT2D eigenvalue weighted by atomic mass is 19.4. The molecule has 0 saturated heterocycles. The average molecular weight is 256 g/mol. The Morgan fingerprint density at radius 3 is 2.50 bits per heavy atom. The first kappa shape index (κ1) is 12.3. The summed E-state index contributed by atoms with van der Waals surface area (Å²) in [6.07, 6.45) is -2.68. The van der Waals surface area contributed by atoms with Crippen LogP contribution in [0.25, 0.3) is 0 Å². The lowest BCUT2D eigenvalue weighted by Crippen LogP contribution is -2.06. The molecule has 2 aromatic rings. The van der Waals surface area contributed by atoms with Gasteiger partial charge in [-0.3, -0.25) is 4.68 Å². The van der Waals surface area contributed by atoms with Gasteiger partial charge in [-0.2, -0.15) is 18.3 Å². The van der Waals surface area contributed by atoms with Crippen molar-refractivity contribution in [3.8, 4) is 0 Å². The summed E-state index contributed by atoms with van der Waals surface area (Å²) in [5.74, 6) is 0.518. The van der Waals surface area contributed by atoms with E-state index in [0.717, 1.165) is 12.1 Å². The third-order valence-corrected chi connectivity index (χ3v) is 2.36. The van der Waals surface area contributed by atoms with Crippen LogP contribution in [-0.4, -0.2) is 9.78 Å². The van der Waals surface area contributed by atoms with E-state index in [1.54, 1.807) is 24.0 Å². The third kappa shape index (κ3) is 2.55. The topological polar surface area (TPSA) is 55.9 Å². The largest absolute Gasteiger partial charge is 0.416 e. The Morgan fingerprint density at radius 2 is 2.00 bits per heavy atom. The Hall–Kier alpha value is -2.18. The summed E-state index contributed by atoms with van der Waals surface area (Å²) in [7, 11) is 1.74. The van der Waals surface area contributed by atoms with Crippen LogP contribution >= 0.6 is 0 Å². The zero-order valence-corrected chi connectivity index (χ0v) is 9.49. The Labute approximate surface area is 101 Å². The van der Waals surface area contributed by atoms with E-state index >= 15 is 0 Å². The van der Waals surface area contributed by atoms with Crippen molar-refractivity contribution in [2.75, 3.05) is 11.1 Å². The number of nitrogens with zero attached hydrogens (tertiary/aromatic N) is 2. The van der Waals surface area contributed by atoms with Crippen LogP contribution in [0.1, 0.15) is 5.56 Å². The van der Waals surface area contributed by atoms with E-state index < -0.39 is 11.7 Å². The standard InChI is InChI=1S/C11H11F3N4/c1-18-5-4-10(17-18)16-9-3-2-7(6-8(9)15)11(12,13)14/h2-6H,15H2,1H3,(H,16,17). The first-order valence-corrected chi connectivity index (χ1v) is 5.09. The summed E-state index contributed by atoms with van der Waals surface area (Å²) >= 11 is 0. The lowest BCUT2D eigenvalue weighted by Gasteiger charge is -2.11. The highest BCUT2D eigenvalue weighted by Gasteiger charge is 2.30. The van der Waals surface area contributed by atoms with Gasteiger partial charge in [-0.25, -0.2) is 0 Å². The third-order valence-electron chi connectivity index (χ3n) is 2.36. The first-order valence-electron chi connectivity index (χ1n) is 5.09. The predicted molar refractivity (Wildman–Crippen MR) is 62.3 cm³/mol. The highest BCUT2D eigenvalue weighted by Crippen LogP contribution is 2.33. The van der Waals surface area contributed by atoms with Crippen molar-refractivity contribution in [3.63, 3.8) is 0 Å². The number of aryl methyl sites for hydroxylation is 1. The fourth-order valence-electron chi connectivity index (χ4n) is 1.47. The van der Waals surface area contributed by atoms with Gasteiger partial charge in [0.25, 0.3) is 0 Å². The highest BCUT2D eigenvalue weighted by molar-refractivity contribution is 5.71. The van der Waals surface area contributed by atoms with Crippen molar-refractivity contribution in [1.29, 1.82) is 0 Å². The molecule has 1 aromatic heterocycles. The van der Waals surface area contributed by atoms with Crippen LogP contribution in [0.2, 0.25) is 0 Å². The first-order chi connectivity index (χ1) is 8.36. The summed E-state index contributed by atoms with van der Waals surface area (Å²) in [5, 5.41) is 6.89. The van der Waals surface area contributed by atoms with Crippen molar-refractivity contribution in [1.82, 2.24) is 9.78 Å². The molecular formula is C11H11F3N4. The molecule has 0 unspecified atom stereocenters. The number of nitrogen functional groups attached to an aromatic ring is 1. The number of hydrogen-bond acceptors (Lipinski definition) is 3. The van der Waals surface area contributed by atoms with Gasteiger partial charge in [0.15, 0.2) is 5.82 Å². The fourth-order valence-corrected chi connectivity index (χ4v) is 1.47. The maximum absolute atomic E-state index is 12.4. The van der Waals surface area contributed by atoms with Gasteiger partial charge >= 0.3 is 6.18 Å². The average Bonchev–Trinajstić information content (AvgIpc) is 2.65. The molecule has 18 heavy (non-hydrogen) atoms. The number of aromatic nitrogens is 2. The lowest BCUT2D eigenvalue weighted by molar-refractivity contribution is -0.137. The van der Waals surface area contributed by atoms with Crippen molar-refractivity contribution >= 4 is 17.2 Å². The van der Waals surface area contributed by atoms with Crippen LogP contribution in [0.15, 0.2) is 30.5 Å². The van der Waals surface area contributed by atoms with Gasteiger partial charge in [-0.15, -0.1) is 0 Å². The second kappa shape index (κ2) is 4.25. The molecule has 2 rings (SSSR count). The van der Waals surface area contributed by atoms with E-state index in [4.69, 9.17) is 5.73 Å². The minimum absolute atomic E-state index is 0.0236. The zero-order valence-electron chi connectivity index (χ0n) is 9.49. The Morgan fingerprint density at radius 1 is 1.28 bits per heavy atom. The molecule has 0 spiro atoms. The lowest BCUT2D eigenvalue weighted by atomic mass is 10.1. The van der Waals surface area contributed by atoms with E-state index in [-0.39, 0.29) is 5.69 Å². The van der Waals surface area contributed by atoms with E-state index in [1.807, 2.05) is 0 Å². The molecule has 0 aliphatic heterocycles. The number of nitrogens with two attached hydrogens (primary N) is 1. The number of nitrogens with one attached hydrogen (secondary N) is 1. The second-order valence-electron chi connectivity index (χ2n) is 3.80. The van der Waals surface area contributed by atoms with Gasteiger partial charge in [0, 0.05) is 19.3 Å². The molecule has 1 heterocycles. The van der Waals surface area contributed by atoms with Gasteiger partial charge in [0.1, 0.15) is 0 Å². The molecule has 0 radical (unpaired) electrons. The molecule has 0 aliphatic carbocycles. The van der Waals surface area contributed by atoms with Crippen LogP contribution in [0.4, 0.5) is 30.4 Å². The van der Waals surface area contributed by atoms with Crippen LogP contribution in [0, 0.1) is 0 Å². The number of benzene rings is 1. The number of alkyl halides is 3. The molecule has 0 fully saturated rings. The van der Waals surface area contributed by atoms with E-state index in [1.165, 1.54) is 6.07 Å². The minimum atomic E-state index is -4.39. The predicted octanol–water partition coefficient (Wildman–Crippen LogP) is 2.76. The summed E-state index contributed by atoms with van der Waals surface area (Å²) < 4.78 is 38.9. The molecule has 96 valence electrons. The Kier molecular flexibility index (Phi) is 2.90. The van der Waals surface area contributed by atoms with Gasteiger partial charge in [-0.05, 0) is 18.2 Å². The number of halogens is 3. The normalized spacial score (nSPS) is 11.6. The molecule has 7 heteroatoms. The molecule has 0 bridgehead atoms. The van der Waals surface area contributed by atoms with E-state index in [0.29, 0.717) is 11.5 Å². The molecule has 0 aliphatic rings. The van der Waals surface area contributed by atoms with Gasteiger partial charge < -0.3 is 11.1 Å². The van der Waals surface area contributed by atoms with Crippen molar-refractivity contribution in [2.24, 2.45) is 7.05 Å². The van der Waals surface area contributed by atoms with E-state index in [2.05, 4.69) is 10.4 Å². The molecule has 1 aromatic carbocycles. The summed E-state index contributed by atoms with van der Waals surface area (Å²) in [6.45, 7) is 0. The zero-order chi connectivity index (χ0) is 13.3. The van der Waals surface area contributed by atoms with E-state index in [9.17, 15) is 13.2 Å². The van der Waals surface area contributed by atoms with Gasteiger partial charge in [0.2, 0.25) is 0 Å². The van der Waals surface area contributed by atoms with Crippen molar-refractivity contribution in [3.05, 3.63) is 36.0 Å². The monoisotopic (exact) mass is 256 g/mol. The molecule has 3 N–H and O–H groups in total. The molecule has 0 atom stereocenters. The quantitative estimate of drug-likeness (QED) is 0.812. The summed E-state index contributed by atoms with van der Waals surface area (Å²) in [4.78, 5) is 0. The Bertz CT molecular complexity index is 560. The van der Waals surface area contributed by atoms with Gasteiger partial charge in [0.05, 0.1) is 16.9 Å². The van der Waals surface area contributed by atoms with Crippen LogP contribution in [0.3, 0.4) is 0 Å². The van der Waals surface area contributed by atoms with Crippen molar-refractivity contribution in [2.45, 2.75) is 6.18 Å².